The van der Waals surface area contributed by atoms with Crippen LogP contribution in [0.2, 0.25) is 0 Å². The van der Waals surface area contributed by atoms with E-state index in [-0.39, 0.29) is 12.3 Å². The number of benzene rings is 1. The molecule has 22 heavy (non-hydrogen) atoms. The van der Waals surface area contributed by atoms with Crippen molar-refractivity contribution in [1.82, 2.24) is 5.32 Å². The van der Waals surface area contributed by atoms with E-state index in [9.17, 15) is 14.7 Å². The van der Waals surface area contributed by atoms with E-state index in [0.717, 1.165) is 36.9 Å². The van der Waals surface area contributed by atoms with Crippen LogP contribution in [0.25, 0.3) is 0 Å². The summed E-state index contributed by atoms with van der Waals surface area (Å²) < 4.78 is 0. The van der Waals surface area contributed by atoms with Gasteiger partial charge < -0.3 is 15.7 Å². The van der Waals surface area contributed by atoms with Crippen molar-refractivity contribution in [3.8, 4) is 0 Å². The third-order valence-electron chi connectivity index (χ3n) is 3.53. The second-order valence-corrected chi connectivity index (χ2v) is 5.47. The molecule has 1 amide bonds. The van der Waals surface area contributed by atoms with E-state index in [1.165, 1.54) is 0 Å². The summed E-state index contributed by atoms with van der Waals surface area (Å²) in [7, 11) is 0. The van der Waals surface area contributed by atoms with E-state index in [2.05, 4.69) is 17.6 Å². The van der Waals surface area contributed by atoms with Crippen molar-refractivity contribution in [3.05, 3.63) is 29.8 Å². The van der Waals surface area contributed by atoms with Crippen LogP contribution in [0.1, 0.15) is 44.6 Å². The first-order valence-corrected chi connectivity index (χ1v) is 7.86. The van der Waals surface area contributed by atoms with Gasteiger partial charge in [-0.25, -0.2) is 0 Å². The summed E-state index contributed by atoms with van der Waals surface area (Å²) in [6, 6.07) is 6.59. The summed E-state index contributed by atoms with van der Waals surface area (Å²) in [5.74, 6) is -1.28. The summed E-state index contributed by atoms with van der Waals surface area (Å²) in [4.78, 5) is 23.2. The standard InChI is InChI=1S/C17H26N2O3/c1-3-4-5-8-11-18-15(17(21)22)12-16(20)19-14-10-7-6-9-13(14)2/h6-7,9-10,15,18H,3-5,8,11-12H2,1-2H3,(H,19,20)(H,21,22). The fourth-order valence-corrected chi connectivity index (χ4v) is 2.17. The van der Waals surface area contributed by atoms with Gasteiger partial charge in [-0.15, -0.1) is 0 Å². The molecule has 5 nitrogen and oxygen atoms in total. The quantitative estimate of drug-likeness (QED) is 0.581. The molecule has 0 spiro atoms. The molecule has 1 rings (SSSR count). The van der Waals surface area contributed by atoms with Gasteiger partial charge in [0.25, 0.3) is 0 Å². The van der Waals surface area contributed by atoms with Crippen LogP contribution in [0.3, 0.4) is 0 Å². The van der Waals surface area contributed by atoms with Crippen molar-refractivity contribution in [2.75, 3.05) is 11.9 Å². The minimum absolute atomic E-state index is 0.0720. The van der Waals surface area contributed by atoms with E-state index in [0.29, 0.717) is 6.54 Å². The Bertz CT molecular complexity index is 489. The molecule has 0 radical (unpaired) electrons. The highest BCUT2D eigenvalue weighted by molar-refractivity contribution is 5.94. The number of carboxylic acids is 1. The molecule has 122 valence electrons. The van der Waals surface area contributed by atoms with Gasteiger partial charge in [-0.3, -0.25) is 9.59 Å². The normalized spacial score (nSPS) is 11.9. The lowest BCUT2D eigenvalue weighted by Gasteiger charge is -2.15. The predicted molar refractivity (Wildman–Crippen MR) is 88.0 cm³/mol. The molecule has 1 unspecified atom stereocenters. The molecule has 0 saturated heterocycles. The lowest BCUT2D eigenvalue weighted by atomic mass is 10.1. The molecule has 0 aliphatic carbocycles. The Morgan fingerprint density at radius 3 is 2.55 bits per heavy atom. The van der Waals surface area contributed by atoms with Crippen LogP contribution in [0.15, 0.2) is 24.3 Å². The Hall–Kier alpha value is -1.88. The van der Waals surface area contributed by atoms with E-state index >= 15 is 0 Å². The predicted octanol–water partition coefficient (Wildman–Crippen LogP) is 2.95. The Morgan fingerprint density at radius 2 is 1.91 bits per heavy atom. The number of carbonyl (C=O) groups is 2. The number of aryl methyl sites for hydroxylation is 1. The lowest BCUT2D eigenvalue weighted by Crippen LogP contribution is -2.40. The molecular weight excluding hydrogens is 280 g/mol. The average molecular weight is 306 g/mol. The van der Waals surface area contributed by atoms with Crippen LogP contribution in [0.5, 0.6) is 0 Å². The summed E-state index contributed by atoms with van der Waals surface area (Å²) in [6.45, 7) is 4.65. The molecule has 3 N–H and O–H groups in total. The topological polar surface area (TPSA) is 78.4 Å². The zero-order chi connectivity index (χ0) is 16.4. The van der Waals surface area contributed by atoms with Crippen LogP contribution in [-0.4, -0.2) is 29.6 Å². The number of rotatable bonds is 10. The van der Waals surface area contributed by atoms with Crippen molar-refractivity contribution in [3.63, 3.8) is 0 Å². The summed E-state index contributed by atoms with van der Waals surface area (Å²) >= 11 is 0. The van der Waals surface area contributed by atoms with Crippen LogP contribution in [0, 0.1) is 6.92 Å². The molecule has 1 aromatic rings. The molecule has 0 heterocycles. The fraction of sp³-hybridized carbons (Fsp3) is 0.529. The van der Waals surface area contributed by atoms with Gasteiger partial charge in [0.05, 0.1) is 6.42 Å². The zero-order valence-corrected chi connectivity index (χ0v) is 13.4. The molecule has 1 atom stereocenters. The number of amides is 1. The number of hydrogen-bond acceptors (Lipinski definition) is 3. The van der Waals surface area contributed by atoms with Crippen molar-refractivity contribution in [2.24, 2.45) is 0 Å². The van der Waals surface area contributed by atoms with Crippen molar-refractivity contribution in [2.45, 2.75) is 52.0 Å². The van der Waals surface area contributed by atoms with Gasteiger partial charge in [0, 0.05) is 5.69 Å². The molecule has 0 aliphatic rings. The third-order valence-corrected chi connectivity index (χ3v) is 3.53. The van der Waals surface area contributed by atoms with Crippen molar-refractivity contribution < 1.29 is 14.7 Å². The monoisotopic (exact) mass is 306 g/mol. The van der Waals surface area contributed by atoms with Crippen LogP contribution < -0.4 is 10.6 Å². The maximum absolute atomic E-state index is 12.0. The Kier molecular flexibility index (Phi) is 8.22. The van der Waals surface area contributed by atoms with E-state index in [1.807, 2.05) is 25.1 Å². The lowest BCUT2D eigenvalue weighted by molar-refractivity contribution is -0.141. The first-order chi connectivity index (χ1) is 10.5. The van der Waals surface area contributed by atoms with Crippen LogP contribution in [0.4, 0.5) is 5.69 Å². The number of carbonyl (C=O) groups excluding carboxylic acids is 1. The van der Waals surface area contributed by atoms with Gasteiger partial charge in [-0.2, -0.15) is 0 Å². The smallest absolute Gasteiger partial charge is 0.321 e. The minimum Gasteiger partial charge on any atom is -0.480 e. The van der Waals surface area contributed by atoms with Crippen LogP contribution >= 0.6 is 0 Å². The van der Waals surface area contributed by atoms with Gasteiger partial charge in [0.1, 0.15) is 6.04 Å². The van der Waals surface area contributed by atoms with E-state index in [1.54, 1.807) is 6.07 Å². The zero-order valence-electron chi connectivity index (χ0n) is 13.4. The van der Waals surface area contributed by atoms with Gasteiger partial charge in [0.15, 0.2) is 0 Å². The molecule has 1 aromatic carbocycles. The summed E-state index contributed by atoms with van der Waals surface area (Å²) in [5, 5.41) is 14.9. The van der Waals surface area contributed by atoms with Gasteiger partial charge in [-0.1, -0.05) is 44.4 Å². The van der Waals surface area contributed by atoms with E-state index in [4.69, 9.17) is 0 Å². The second-order valence-electron chi connectivity index (χ2n) is 5.47. The molecule has 0 saturated carbocycles. The largest absolute Gasteiger partial charge is 0.480 e. The fourth-order valence-electron chi connectivity index (χ4n) is 2.17. The highest BCUT2D eigenvalue weighted by Gasteiger charge is 2.20. The third kappa shape index (κ3) is 6.72. The average Bonchev–Trinajstić information content (AvgIpc) is 2.48. The highest BCUT2D eigenvalue weighted by Crippen LogP contribution is 2.13. The minimum atomic E-state index is -0.990. The number of nitrogens with one attached hydrogen (secondary N) is 2. The SMILES string of the molecule is CCCCCCNC(CC(=O)Nc1ccccc1C)C(=O)O. The number of unbranched alkanes of at least 4 members (excludes halogenated alkanes) is 3. The first-order valence-electron chi connectivity index (χ1n) is 7.86. The molecule has 0 aliphatic heterocycles. The molecular formula is C17H26N2O3. The number of hydrogen-bond donors (Lipinski definition) is 3. The Labute approximate surface area is 132 Å². The van der Waals surface area contributed by atoms with E-state index < -0.39 is 12.0 Å². The maximum Gasteiger partial charge on any atom is 0.321 e. The number of para-hydroxylation sites is 1. The van der Waals surface area contributed by atoms with Crippen LogP contribution in [-0.2, 0) is 9.59 Å². The molecule has 5 heteroatoms. The highest BCUT2D eigenvalue weighted by atomic mass is 16.4. The number of anilines is 1. The number of carboxylic acid groups (broad SMARTS) is 1. The summed E-state index contributed by atoms with van der Waals surface area (Å²) in [5.41, 5.74) is 1.68. The maximum atomic E-state index is 12.0. The molecule has 0 aromatic heterocycles. The van der Waals surface area contributed by atoms with Gasteiger partial charge >= 0.3 is 5.97 Å². The Balaban J connectivity index is 2.44. The molecule has 0 bridgehead atoms. The van der Waals surface area contributed by atoms with Gasteiger partial charge in [-0.05, 0) is 31.5 Å². The van der Waals surface area contributed by atoms with Crippen molar-refractivity contribution >= 4 is 17.6 Å². The second kappa shape index (κ2) is 9.95. The summed E-state index contributed by atoms with van der Waals surface area (Å²) in [6.07, 6.45) is 4.22. The van der Waals surface area contributed by atoms with Crippen molar-refractivity contribution in [1.29, 1.82) is 0 Å². The molecule has 0 fully saturated rings. The Morgan fingerprint density at radius 1 is 1.18 bits per heavy atom. The first kappa shape index (κ1) is 18.2. The number of aliphatic carboxylic acids is 1. The van der Waals surface area contributed by atoms with Gasteiger partial charge in [0.2, 0.25) is 5.91 Å².